The van der Waals surface area contributed by atoms with Crippen LogP contribution < -0.4 is 0 Å². The number of methoxy groups -OCH3 is 2. The van der Waals surface area contributed by atoms with E-state index in [1.807, 2.05) is 0 Å². The van der Waals surface area contributed by atoms with Crippen LogP contribution in [0.5, 0.6) is 0 Å². The van der Waals surface area contributed by atoms with Gasteiger partial charge in [-0.2, -0.15) is 26.3 Å². The Bertz CT molecular complexity index is 1480. The summed E-state index contributed by atoms with van der Waals surface area (Å²) in [6.07, 6.45) is -12.3. The maximum atomic E-state index is 14.4. The van der Waals surface area contributed by atoms with Gasteiger partial charge in [0, 0.05) is 30.8 Å². The molecule has 47 heavy (non-hydrogen) atoms. The van der Waals surface area contributed by atoms with Gasteiger partial charge in [0.15, 0.2) is 0 Å². The molecule has 0 spiro atoms. The predicted octanol–water partition coefficient (Wildman–Crippen LogP) is 5.91. The first-order valence-electron chi connectivity index (χ1n) is 14.6. The van der Waals surface area contributed by atoms with E-state index in [1.165, 1.54) is 62.4 Å². The molecule has 0 aromatic heterocycles. The summed E-state index contributed by atoms with van der Waals surface area (Å²) in [5, 5.41) is 11.3. The van der Waals surface area contributed by atoms with Crippen LogP contribution in [0.3, 0.4) is 0 Å². The zero-order chi connectivity index (χ0) is 35.3. The molecule has 0 amide bonds. The molecule has 0 bridgehead atoms. The molecule has 258 valence electrons. The monoisotopic (exact) mass is 674 g/mol. The number of aliphatic hydroxyl groups is 1. The summed E-state index contributed by atoms with van der Waals surface area (Å²) in [7, 11) is 1.47. The van der Waals surface area contributed by atoms with E-state index < -0.39 is 81.5 Å². The summed E-state index contributed by atoms with van der Waals surface area (Å²) >= 11 is 0. The SMILES string of the molecule is CO[C@@](C(=O)O[C@H]1CC(C)(C)[C@]2(/C=C/[C@H](C)OC(=O)[C@](OC)(c3ccccc3)C(F)(F)F)O[C@]2(C)[C@H]1O)(c1ccccc1)C(F)(F)F. The zero-order valence-corrected chi connectivity index (χ0v) is 26.4. The molecule has 1 aliphatic heterocycles. The Balaban J connectivity index is 1.57. The van der Waals surface area contributed by atoms with Crippen molar-refractivity contribution in [1.29, 1.82) is 0 Å². The van der Waals surface area contributed by atoms with Crippen molar-refractivity contribution in [2.75, 3.05) is 14.2 Å². The molecule has 14 heteroatoms. The first-order valence-corrected chi connectivity index (χ1v) is 14.6. The topological polar surface area (TPSA) is 104 Å². The number of esters is 2. The van der Waals surface area contributed by atoms with Crippen LogP contribution in [-0.2, 0) is 44.5 Å². The molecule has 0 radical (unpaired) electrons. The molecule has 7 atom stereocenters. The van der Waals surface area contributed by atoms with Gasteiger partial charge in [0.1, 0.15) is 29.5 Å². The number of carbonyl (C=O) groups is 2. The number of hydrogen-bond acceptors (Lipinski definition) is 8. The highest BCUT2D eigenvalue weighted by atomic mass is 19.4. The molecule has 2 fully saturated rings. The van der Waals surface area contributed by atoms with Crippen LogP contribution in [0.25, 0.3) is 0 Å². The number of rotatable bonds is 10. The highest BCUT2D eigenvalue weighted by Gasteiger charge is 2.80. The van der Waals surface area contributed by atoms with Crippen molar-refractivity contribution in [1.82, 2.24) is 0 Å². The Morgan fingerprint density at radius 3 is 1.72 bits per heavy atom. The second-order valence-corrected chi connectivity index (χ2v) is 12.4. The quantitative estimate of drug-likeness (QED) is 0.144. The van der Waals surface area contributed by atoms with E-state index in [9.17, 15) is 41.0 Å². The van der Waals surface area contributed by atoms with Gasteiger partial charge in [0.2, 0.25) is 0 Å². The number of ether oxygens (including phenoxy) is 5. The summed E-state index contributed by atoms with van der Waals surface area (Å²) in [5.41, 5.74) is -11.8. The molecule has 1 heterocycles. The van der Waals surface area contributed by atoms with Crippen LogP contribution in [0.15, 0.2) is 72.8 Å². The number of epoxide rings is 1. The van der Waals surface area contributed by atoms with Gasteiger partial charge in [-0.1, -0.05) is 74.5 Å². The Hall–Kier alpha value is -3.46. The van der Waals surface area contributed by atoms with E-state index in [2.05, 4.69) is 0 Å². The molecule has 1 saturated carbocycles. The Morgan fingerprint density at radius 1 is 0.851 bits per heavy atom. The Labute approximate surface area is 267 Å². The van der Waals surface area contributed by atoms with Crippen molar-refractivity contribution < 1.29 is 64.7 Å². The van der Waals surface area contributed by atoms with Gasteiger partial charge in [-0.25, -0.2) is 9.59 Å². The average molecular weight is 675 g/mol. The van der Waals surface area contributed by atoms with Crippen molar-refractivity contribution in [3.8, 4) is 0 Å². The van der Waals surface area contributed by atoms with E-state index in [1.54, 1.807) is 13.8 Å². The molecule has 2 aliphatic rings. The standard InChI is InChI=1S/C33H36F6O8/c1-20(45-25(41)30(43-5,32(34,35)36)21-13-9-7-10-14-21)17-18-29-27(2,3)19-23(24(40)28(29,4)47-29)46-26(42)31(44-6,33(37,38)39)22-15-11-8-12-16-22/h7-18,20,23-24,40H,19H2,1-6H3/b18-17+/t20-,23-,24-,28+,29-,30+,31+/m0/s1. The van der Waals surface area contributed by atoms with Gasteiger partial charge < -0.3 is 28.8 Å². The molecular weight excluding hydrogens is 638 g/mol. The molecule has 1 N–H and O–H groups in total. The number of aliphatic hydroxyl groups excluding tert-OH is 1. The summed E-state index contributed by atoms with van der Waals surface area (Å²) in [5.74, 6) is -3.50. The third kappa shape index (κ3) is 5.62. The first kappa shape index (κ1) is 36.4. The van der Waals surface area contributed by atoms with E-state index in [-0.39, 0.29) is 6.42 Å². The summed E-state index contributed by atoms with van der Waals surface area (Å²) in [6.45, 7) is 6.09. The van der Waals surface area contributed by atoms with E-state index in [0.29, 0.717) is 0 Å². The fraction of sp³-hybridized carbons (Fsp3) is 0.515. The van der Waals surface area contributed by atoms with Gasteiger partial charge in [-0.05, 0) is 32.4 Å². The smallest absolute Gasteiger partial charge is 0.432 e. The van der Waals surface area contributed by atoms with Gasteiger partial charge >= 0.3 is 24.3 Å². The van der Waals surface area contributed by atoms with Crippen molar-refractivity contribution in [2.24, 2.45) is 5.41 Å². The number of halogens is 6. The number of alkyl halides is 6. The lowest BCUT2D eigenvalue weighted by Crippen LogP contribution is -2.59. The molecule has 1 aliphatic carbocycles. The lowest BCUT2D eigenvalue weighted by atomic mass is 9.61. The molecule has 0 unspecified atom stereocenters. The maximum absolute atomic E-state index is 14.4. The lowest BCUT2D eigenvalue weighted by molar-refractivity contribution is -0.281. The minimum absolute atomic E-state index is 0.185. The van der Waals surface area contributed by atoms with Crippen molar-refractivity contribution >= 4 is 11.9 Å². The highest BCUT2D eigenvalue weighted by molar-refractivity contribution is 5.83. The Kier molecular flexibility index (Phi) is 9.45. The van der Waals surface area contributed by atoms with E-state index in [4.69, 9.17) is 23.7 Å². The predicted molar refractivity (Wildman–Crippen MR) is 154 cm³/mol. The second kappa shape index (κ2) is 12.2. The van der Waals surface area contributed by atoms with Crippen LogP contribution >= 0.6 is 0 Å². The van der Waals surface area contributed by atoms with Crippen molar-refractivity contribution in [2.45, 2.75) is 87.2 Å². The van der Waals surface area contributed by atoms with Gasteiger partial charge in [-0.15, -0.1) is 0 Å². The van der Waals surface area contributed by atoms with Crippen LogP contribution in [0.4, 0.5) is 26.3 Å². The van der Waals surface area contributed by atoms with Crippen molar-refractivity contribution in [3.63, 3.8) is 0 Å². The summed E-state index contributed by atoms with van der Waals surface area (Å²) in [6, 6.07) is 12.5. The number of hydrogen-bond donors (Lipinski definition) is 1. The third-order valence-corrected chi connectivity index (χ3v) is 9.20. The third-order valence-electron chi connectivity index (χ3n) is 9.20. The number of fused-ring (bicyclic) bond motifs is 1. The molecule has 1 saturated heterocycles. The van der Waals surface area contributed by atoms with Crippen LogP contribution in [0, 0.1) is 5.41 Å². The normalized spacial score (nSPS) is 28.8. The lowest BCUT2D eigenvalue weighted by Gasteiger charge is -2.44. The van der Waals surface area contributed by atoms with Crippen LogP contribution in [-0.4, -0.2) is 73.1 Å². The number of carbonyl (C=O) groups excluding carboxylic acids is 2. The highest BCUT2D eigenvalue weighted by Crippen LogP contribution is 2.66. The minimum Gasteiger partial charge on any atom is -0.457 e. The fourth-order valence-electron chi connectivity index (χ4n) is 6.61. The molecular formula is C33H36F6O8. The largest absolute Gasteiger partial charge is 0.457 e. The zero-order valence-electron chi connectivity index (χ0n) is 26.4. The fourth-order valence-corrected chi connectivity index (χ4v) is 6.61. The van der Waals surface area contributed by atoms with Crippen LogP contribution in [0.1, 0.15) is 45.2 Å². The van der Waals surface area contributed by atoms with Crippen LogP contribution in [0.2, 0.25) is 0 Å². The Morgan fingerprint density at radius 2 is 1.30 bits per heavy atom. The van der Waals surface area contributed by atoms with Gasteiger partial charge in [-0.3, -0.25) is 0 Å². The second-order valence-electron chi connectivity index (χ2n) is 12.4. The van der Waals surface area contributed by atoms with Crippen molar-refractivity contribution in [3.05, 3.63) is 83.9 Å². The maximum Gasteiger partial charge on any atom is 0.432 e. The van der Waals surface area contributed by atoms with E-state index >= 15 is 0 Å². The van der Waals surface area contributed by atoms with Gasteiger partial charge in [0.25, 0.3) is 11.2 Å². The molecule has 2 aromatic rings. The first-order chi connectivity index (χ1) is 21.7. The average Bonchev–Trinajstić information content (AvgIpc) is 3.64. The summed E-state index contributed by atoms with van der Waals surface area (Å²) in [4.78, 5) is 26.3. The van der Waals surface area contributed by atoms with E-state index in [0.717, 1.165) is 38.5 Å². The number of benzene rings is 2. The minimum atomic E-state index is -5.23. The molecule has 8 nitrogen and oxygen atoms in total. The van der Waals surface area contributed by atoms with Gasteiger partial charge in [0.05, 0.1) is 0 Å². The molecule has 4 rings (SSSR count). The molecule has 2 aromatic carbocycles. The summed E-state index contributed by atoms with van der Waals surface area (Å²) < 4.78 is 112.